The number of fused-ring (bicyclic) bond motifs is 1. The van der Waals surface area contributed by atoms with E-state index >= 15 is 0 Å². The average molecular weight is 439 g/mol. The molecule has 0 atom stereocenters. The SMILES string of the molecule is CS(=O)(=O)c1ccc(Cl)c(C(=O)OCC(=O)Nc2sc3c(c2C#N)CCC3)c1. The number of rotatable bonds is 5. The molecule has 0 radical (unpaired) electrons. The van der Waals surface area contributed by atoms with Gasteiger partial charge in [-0.25, -0.2) is 13.2 Å². The van der Waals surface area contributed by atoms with Crippen LogP contribution in [0.5, 0.6) is 0 Å². The van der Waals surface area contributed by atoms with Crippen LogP contribution in [-0.2, 0) is 32.2 Å². The number of amides is 1. The molecule has 1 aliphatic rings. The van der Waals surface area contributed by atoms with Crippen LogP contribution >= 0.6 is 22.9 Å². The number of nitrogens with one attached hydrogen (secondary N) is 1. The number of sulfone groups is 1. The molecule has 1 amide bonds. The van der Waals surface area contributed by atoms with Crippen molar-refractivity contribution in [2.75, 3.05) is 18.2 Å². The lowest BCUT2D eigenvalue weighted by molar-refractivity contribution is -0.119. The molecule has 1 aliphatic carbocycles. The molecule has 28 heavy (non-hydrogen) atoms. The zero-order valence-corrected chi connectivity index (χ0v) is 17.1. The highest BCUT2D eigenvalue weighted by Crippen LogP contribution is 2.38. The first-order valence-corrected chi connectivity index (χ1v) is 11.3. The number of esters is 1. The molecule has 2 aromatic rings. The van der Waals surface area contributed by atoms with Crippen LogP contribution in [0.15, 0.2) is 23.1 Å². The molecular formula is C18H15ClN2O5S2. The van der Waals surface area contributed by atoms with Gasteiger partial charge in [0.2, 0.25) is 0 Å². The van der Waals surface area contributed by atoms with E-state index in [9.17, 15) is 23.3 Å². The first-order valence-electron chi connectivity index (χ1n) is 8.22. The molecule has 7 nitrogen and oxygen atoms in total. The first kappa shape index (κ1) is 20.3. The van der Waals surface area contributed by atoms with Gasteiger partial charge < -0.3 is 10.1 Å². The number of hydrogen-bond acceptors (Lipinski definition) is 7. The minimum atomic E-state index is -3.53. The van der Waals surface area contributed by atoms with Gasteiger partial charge in [-0.15, -0.1) is 11.3 Å². The molecule has 0 aliphatic heterocycles. The summed E-state index contributed by atoms with van der Waals surface area (Å²) in [6.45, 7) is -0.592. The quantitative estimate of drug-likeness (QED) is 0.718. The van der Waals surface area contributed by atoms with E-state index in [1.54, 1.807) is 0 Å². The van der Waals surface area contributed by atoms with Crippen molar-refractivity contribution in [3.63, 3.8) is 0 Å². The number of anilines is 1. The summed E-state index contributed by atoms with van der Waals surface area (Å²) in [7, 11) is -3.53. The molecule has 0 spiro atoms. The largest absolute Gasteiger partial charge is 0.452 e. The van der Waals surface area contributed by atoms with Gasteiger partial charge in [-0.3, -0.25) is 4.79 Å². The van der Waals surface area contributed by atoms with E-state index in [1.807, 2.05) is 0 Å². The average Bonchev–Trinajstić information content (AvgIpc) is 3.19. The zero-order valence-electron chi connectivity index (χ0n) is 14.7. The Morgan fingerprint density at radius 2 is 2.11 bits per heavy atom. The van der Waals surface area contributed by atoms with E-state index in [4.69, 9.17) is 16.3 Å². The molecular weight excluding hydrogens is 424 g/mol. The van der Waals surface area contributed by atoms with Gasteiger partial charge in [-0.2, -0.15) is 5.26 Å². The Hall–Kier alpha value is -2.41. The second-order valence-corrected chi connectivity index (χ2v) is 9.74. The highest BCUT2D eigenvalue weighted by atomic mass is 35.5. The number of aryl methyl sites for hydroxylation is 1. The van der Waals surface area contributed by atoms with Crippen molar-refractivity contribution in [2.45, 2.75) is 24.2 Å². The smallest absolute Gasteiger partial charge is 0.340 e. The number of nitriles is 1. The standard InChI is InChI=1S/C18H15ClN2O5S2/c1-28(24,25)10-5-6-14(19)12(7-10)18(23)26-9-16(22)21-17-13(8-20)11-3-2-4-15(11)27-17/h5-7H,2-4,9H2,1H3,(H,21,22). The summed E-state index contributed by atoms with van der Waals surface area (Å²) in [5.74, 6) is -1.51. The van der Waals surface area contributed by atoms with Crippen molar-refractivity contribution in [1.29, 1.82) is 5.26 Å². The van der Waals surface area contributed by atoms with Crippen LogP contribution in [0.1, 0.15) is 32.8 Å². The topological polar surface area (TPSA) is 113 Å². The molecule has 0 saturated carbocycles. The van der Waals surface area contributed by atoms with E-state index in [0.29, 0.717) is 10.6 Å². The van der Waals surface area contributed by atoms with Gasteiger partial charge in [0.05, 0.1) is 21.0 Å². The lowest BCUT2D eigenvalue weighted by Gasteiger charge is -2.08. The third-order valence-electron chi connectivity index (χ3n) is 4.21. The Morgan fingerprint density at radius 1 is 1.36 bits per heavy atom. The van der Waals surface area contributed by atoms with Gasteiger partial charge in [-0.05, 0) is 43.0 Å². The van der Waals surface area contributed by atoms with E-state index in [1.165, 1.54) is 23.5 Å². The molecule has 10 heteroatoms. The monoisotopic (exact) mass is 438 g/mol. The Kier molecular flexibility index (Phi) is 5.74. The number of ether oxygens (including phenoxy) is 1. The van der Waals surface area contributed by atoms with Crippen molar-refractivity contribution in [2.24, 2.45) is 0 Å². The third-order valence-corrected chi connectivity index (χ3v) is 6.85. The molecule has 0 saturated heterocycles. The number of benzene rings is 1. The minimum absolute atomic E-state index is 0.0132. The third kappa shape index (κ3) is 4.19. The summed E-state index contributed by atoms with van der Waals surface area (Å²) in [5.41, 5.74) is 1.29. The molecule has 146 valence electrons. The zero-order chi connectivity index (χ0) is 20.5. The lowest BCUT2D eigenvalue weighted by Crippen LogP contribution is -2.21. The summed E-state index contributed by atoms with van der Waals surface area (Å²) >= 11 is 7.29. The second-order valence-electron chi connectivity index (χ2n) is 6.21. The molecule has 3 rings (SSSR count). The van der Waals surface area contributed by atoms with Crippen LogP contribution < -0.4 is 5.32 Å². The van der Waals surface area contributed by atoms with E-state index in [2.05, 4.69) is 11.4 Å². The molecule has 1 aromatic carbocycles. The molecule has 0 fully saturated rings. The van der Waals surface area contributed by atoms with Crippen LogP contribution in [0.3, 0.4) is 0 Å². The van der Waals surface area contributed by atoms with E-state index < -0.39 is 28.3 Å². The number of carbonyl (C=O) groups excluding carboxylic acids is 2. The Morgan fingerprint density at radius 3 is 2.79 bits per heavy atom. The molecule has 1 N–H and O–H groups in total. The summed E-state index contributed by atoms with van der Waals surface area (Å²) in [6.07, 6.45) is 3.70. The molecule has 0 bridgehead atoms. The number of thiophene rings is 1. The van der Waals surface area contributed by atoms with E-state index in [0.717, 1.165) is 42.0 Å². The van der Waals surface area contributed by atoms with Crippen molar-refractivity contribution in [3.05, 3.63) is 44.8 Å². The second kappa shape index (κ2) is 7.91. The van der Waals surface area contributed by atoms with Crippen LogP contribution in [-0.4, -0.2) is 33.2 Å². The molecule has 1 heterocycles. The normalized spacial score (nSPS) is 12.9. The van der Waals surface area contributed by atoms with Gasteiger partial charge >= 0.3 is 5.97 Å². The Labute approximate surface area is 170 Å². The fourth-order valence-corrected chi connectivity index (χ4v) is 4.97. The van der Waals surface area contributed by atoms with Gasteiger partial charge in [0, 0.05) is 11.1 Å². The summed E-state index contributed by atoms with van der Waals surface area (Å²) < 4.78 is 28.2. The first-order chi connectivity index (χ1) is 13.2. The minimum Gasteiger partial charge on any atom is -0.452 e. The number of carbonyl (C=O) groups is 2. The Balaban J connectivity index is 1.67. The molecule has 1 aromatic heterocycles. The highest BCUT2D eigenvalue weighted by molar-refractivity contribution is 7.90. The fourth-order valence-electron chi connectivity index (χ4n) is 2.87. The van der Waals surface area contributed by atoms with Crippen LogP contribution in [0.25, 0.3) is 0 Å². The number of halogens is 1. The number of nitrogens with zero attached hydrogens (tertiary/aromatic N) is 1. The van der Waals surface area contributed by atoms with Crippen molar-refractivity contribution in [3.8, 4) is 6.07 Å². The van der Waals surface area contributed by atoms with Gasteiger partial charge in [0.15, 0.2) is 16.4 Å². The predicted molar refractivity (Wildman–Crippen MR) is 105 cm³/mol. The fraction of sp³-hybridized carbons (Fsp3) is 0.278. The van der Waals surface area contributed by atoms with E-state index in [-0.39, 0.29) is 15.5 Å². The predicted octanol–water partition coefficient (Wildman–Crippen LogP) is 2.96. The maximum atomic E-state index is 12.2. The van der Waals surface area contributed by atoms with Crippen molar-refractivity contribution in [1.82, 2.24) is 0 Å². The maximum Gasteiger partial charge on any atom is 0.340 e. The van der Waals surface area contributed by atoms with Crippen LogP contribution in [0.4, 0.5) is 5.00 Å². The highest BCUT2D eigenvalue weighted by Gasteiger charge is 2.23. The van der Waals surface area contributed by atoms with Gasteiger partial charge in [-0.1, -0.05) is 11.6 Å². The summed E-state index contributed by atoms with van der Waals surface area (Å²) in [5, 5.41) is 12.4. The van der Waals surface area contributed by atoms with Crippen LogP contribution in [0, 0.1) is 11.3 Å². The van der Waals surface area contributed by atoms with Crippen molar-refractivity contribution < 1.29 is 22.7 Å². The number of hydrogen-bond donors (Lipinski definition) is 1. The van der Waals surface area contributed by atoms with Gasteiger partial charge in [0.1, 0.15) is 11.1 Å². The maximum absolute atomic E-state index is 12.2. The summed E-state index contributed by atoms with van der Waals surface area (Å²) in [4.78, 5) is 25.3. The Bertz CT molecular complexity index is 1120. The summed E-state index contributed by atoms with van der Waals surface area (Å²) in [6, 6.07) is 5.78. The van der Waals surface area contributed by atoms with Crippen LogP contribution in [0.2, 0.25) is 5.02 Å². The molecule has 0 unspecified atom stereocenters. The van der Waals surface area contributed by atoms with Gasteiger partial charge in [0.25, 0.3) is 5.91 Å². The van der Waals surface area contributed by atoms with Crippen molar-refractivity contribution >= 4 is 49.7 Å². The lowest BCUT2D eigenvalue weighted by atomic mass is 10.1.